The Kier molecular flexibility index (Phi) is 3.72. The number of rotatable bonds is 2. The summed E-state index contributed by atoms with van der Waals surface area (Å²) in [6.07, 6.45) is 0.460. The molecule has 2 aliphatic heterocycles. The molecule has 5 nitrogen and oxygen atoms in total. The third-order valence-corrected chi connectivity index (χ3v) is 4.04. The van der Waals surface area contributed by atoms with Crippen LogP contribution in [0.4, 0.5) is 19.3 Å². The summed E-state index contributed by atoms with van der Waals surface area (Å²) in [4.78, 5) is 26.7. The van der Waals surface area contributed by atoms with E-state index in [1.807, 2.05) is 24.3 Å². The van der Waals surface area contributed by atoms with Gasteiger partial charge in [-0.15, -0.1) is 0 Å². The maximum Gasteiger partial charge on any atom is 0.318 e. The monoisotopic (exact) mass is 309 g/mol. The fourth-order valence-electron chi connectivity index (χ4n) is 2.86. The van der Waals surface area contributed by atoms with Crippen molar-refractivity contribution in [1.29, 1.82) is 0 Å². The molecule has 0 bridgehead atoms. The number of hydrogen-bond donors (Lipinski definition) is 1. The number of para-hydroxylation sites is 1. The van der Waals surface area contributed by atoms with E-state index in [-0.39, 0.29) is 25.4 Å². The van der Waals surface area contributed by atoms with Gasteiger partial charge in [-0.25, -0.2) is 13.6 Å². The number of nitrogens with one attached hydrogen (secondary N) is 1. The number of nitrogens with zero attached hydrogens (tertiary/aromatic N) is 2. The first kappa shape index (κ1) is 14.7. The van der Waals surface area contributed by atoms with Crippen LogP contribution in [0.15, 0.2) is 24.3 Å². The number of urea groups is 1. The van der Waals surface area contributed by atoms with Gasteiger partial charge in [0.2, 0.25) is 5.91 Å². The van der Waals surface area contributed by atoms with Crippen LogP contribution in [0.2, 0.25) is 0 Å². The highest BCUT2D eigenvalue weighted by Crippen LogP contribution is 2.28. The number of carbonyl (C=O) groups excluding carboxylic acids is 2. The van der Waals surface area contributed by atoms with Gasteiger partial charge < -0.3 is 15.1 Å². The summed E-state index contributed by atoms with van der Waals surface area (Å²) in [5.41, 5.74) is 1.95. The number of hydrogen-bond acceptors (Lipinski definition) is 2. The summed E-state index contributed by atoms with van der Waals surface area (Å²) in [6, 6.07) is 6.99. The number of halogens is 2. The Morgan fingerprint density at radius 2 is 2.00 bits per heavy atom. The van der Waals surface area contributed by atoms with E-state index in [1.54, 1.807) is 4.90 Å². The molecule has 118 valence electrons. The van der Waals surface area contributed by atoms with E-state index in [1.165, 1.54) is 0 Å². The largest absolute Gasteiger partial charge is 0.329 e. The first-order chi connectivity index (χ1) is 10.5. The van der Waals surface area contributed by atoms with Crippen molar-refractivity contribution < 1.29 is 18.4 Å². The average molecular weight is 309 g/mol. The van der Waals surface area contributed by atoms with Crippen molar-refractivity contribution in [1.82, 2.24) is 10.2 Å². The van der Waals surface area contributed by atoms with Crippen LogP contribution in [0.3, 0.4) is 0 Å². The molecule has 22 heavy (non-hydrogen) atoms. The quantitative estimate of drug-likeness (QED) is 0.903. The van der Waals surface area contributed by atoms with E-state index >= 15 is 0 Å². The van der Waals surface area contributed by atoms with Gasteiger partial charge >= 0.3 is 6.03 Å². The molecule has 0 aliphatic carbocycles. The van der Waals surface area contributed by atoms with Crippen LogP contribution >= 0.6 is 0 Å². The molecule has 1 aromatic carbocycles. The van der Waals surface area contributed by atoms with E-state index in [0.717, 1.165) is 22.6 Å². The lowest BCUT2D eigenvalue weighted by Crippen LogP contribution is -2.45. The van der Waals surface area contributed by atoms with Gasteiger partial charge in [-0.2, -0.15) is 0 Å². The van der Waals surface area contributed by atoms with Crippen LogP contribution in [0, 0.1) is 0 Å². The Bertz CT molecular complexity index is 606. The van der Waals surface area contributed by atoms with Gasteiger partial charge in [0.25, 0.3) is 5.92 Å². The van der Waals surface area contributed by atoms with Crippen LogP contribution in [0.25, 0.3) is 0 Å². The fraction of sp³-hybridized carbons (Fsp3) is 0.467. The molecule has 0 radical (unpaired) electrons. The van der Waals surface area contributed by atoms with Crippen LogP contribution in [0.1, 0.15) is 12.0 Å². The molecule has 1 N–H and O–H groups in total. The second-order valence-electron chi connectivity index (χ2n) is 5.61. The van der Waals surface area contributed by atoms with Gasteiger partial charge in [0.15, 0.2) is 0 Å². The number of anilines is 1. The van der Waals surface area contributed by atoms with E-state index in [4.69, 9.17) is 0 Å². The molecule has 0 aromatic heterocycles. The summed E-state index contributed by atoms with van der Waals surface area (Å²) in [7, 11) is 0. The zero-order valence-corrected chi connectivity index (χ0v) is 12.0. The highest BCUT2D eigenvalue weighted by Gasteiger charge is 2.40. The van der Waals surface area contributed by atoms with E-state index in [9.17, 15) is 18.4 Å². The first-order valence-corrected chi connectivity index (χ1v) is 7.25. The number of carbonyl (C=O) groups is 2. The van der Waals surface area contributed by atoms with Gasteiger partial charge in [0, 0.05) is 25.2 Å². The van der Waals surface area contributed by atoms with Crippen LogP contribution in [0.5, 0.6) is 0 Å². The molecule has 2 aliphatic rings. The molecule has 0 atom stereocenters. The molecule has 1 saturated heterocycles. The lowest BCUT2D eigenvalue weighted by atomic mass is 10.2. The number of alkyl halides is 2. The minimum atomic E-state index is -2.82. The van der Waals surface area contributed by atoms with Crippen molar-refractivity contribution in [3.8, 4) is 0 Å². The third kappa shape index (κ3) is 2.88. The number of fused-ring (bicyclic) bond motifs is 1. The molecular formula is C15H17F2N3O2. The topological polar surface area (TPSA) is 52.7 Å². The first-order valence-electron chi connectivity index (χ1n) is 7.25. The Hall–Kier alpha value is -2.18. The predicted molar refractivity (Wildman–Crippen MR) is 77.0 cm³/mol. The van der Waals surface area contributed by atoms with E-state index in [2.05, 4.69) is 5.32 Å². The van der Waals surface area contributed by atoms with Crippen molar-refractivity contribution in [2.45, 2.75) is 18.8 Å². The van der Waals surface area contributed by atoms with Crippen molar-refractivity contribution in [2.24, 2.45) is 0 Å². The third-order valence-electron chi connectivity index (χ3n) is 4.04. The number of benzene rings is 1. The molecule has 7 heteroatoms. The zero-order chi connectivity index (χ0) is 15.7. The van der Waals surface area contributed by atoms with Gasteiger partial charge in [0.05, 0.1) is 13.1 Å². The normalized spacial score (nSPS) is 19.2. The highest BCUT2D eigenvalue weighted by molar-refractivity contribution is 5.98. The molecule has 3 rings (SSSR count). The van der Waals surface area contributed by atoms with Gasteiger partial charge in [-0.3, -0.25) is 4.79 Å². The summed E-state index contributed by atoms with van der Waals surface area (Å²) < 4.78 is 26.1. The Balaban J connectivity index is 1.54. The molecule has 0 saturated carbocycles. The van der Waals surface area contributed by atoms with Crippen LogP contribution < -0.4 is 10.2 Å². The van der Waals surface area contributed by atoms with Gasteiger partial charge in [-0.1, -0.05) is 18.2 Å². The van der Waals surface area contributed by atoms with E-state index in [0.29, 0.717) is 6.54 Å². The minimum Gasteiger partial charge on any atom is -0.329 e. The minimum absolute atomic E-state index is 0.0135. The van der Waals surface area contributed by atoms with Crippen molar-refractivity contribution >= 4 is 17.6 Å². The Morgan fingerprint density at radius 1 is 1.23 bits per heavy atom. The van der Waals surface area contributed by atoms with Crippen LogP contribution in [-0.4, -0.2) is 48.9 Å². The maximum atomic E-state index is 13.1. The molecule has 0 unspecified atom stereocenters. The van der Waals surface area contributed by atoms with Crippen molar-refractivity contribution in [2.75, 3.05) is 31.1 Å². The maximum absolute atomic E-state index is 13.1. The second kappa shape index (κ2) is 5.55. The summed E-state index contributed by atoms with van der Waals surface area (Å²) in [5.74, 6) is -3.06. The average Bonchev–Trinajstić information content (AvgIpc) is 3.07. The Labute approximate surface area is 126 Å². The highest BCUT2D eigenvalue weighted by atomic mass is 19.3. The predicted octanol–water partition coefficient (Wildman–Crippen LogP) is 1.63. The molecule has 1 fully saturated rings. The molecule has 1 aromatic rings. The fourth-order valence-corrected chi connectivity index (χ4v) is 2.86. The summed E-state index contributed by atoms with van der Waals surface area (Å²) in [6.45, 7) is -0.176. The van der Waals surface area contributed by atoms with Gasteiger partial charge in [-0.05, 0) is 18.1 Å². The van der Waals surface area contributed by atoms with Crippen molar-refractivity contribution in [3.63, 3.8) is 0 Å². The van der Waals surface area contributed by atoms with Crippen molar-refractivity contribution in [3.05, 3.63) is 29.8 Å². The van der Waals surface area contributed by atoms with Crippen LogP contribution in [-0.2, 0) is 11.2 Å². The summed E-state index contributed by atoms with van der Waals surface area (Å²) >= 11 is 0. The SMILES string of the molecule is O=C(NCC(=O)N1CCc2ccccc21)N1CCC(F)(F)C1. The van der Waals surface area contributed by atoms with E-state index < -0.39 is 18.5 Å². The second-order valence-corrected chi connectivity index (χ2v) is 5.61. The molecule has 2 heterocycles. The van der Waals surface area contributed by atoms with Gasteiger partial charge in [0.1, 0.15) is 0 Å². The summed E-state index contributed by atoms with van der Waals surface area (Å²) in [5, 5.41) is 2.43. The molecule has 0 spiro atoms. The Morgan fingerprint density at radius 3 is 2.73 bits per heavy atom. The lowest BCUT2D eigenvalue weighted by molar-refractivity contribution is -0.117. The lowest BCUT2D eigenvalue weighted by Gasteiger charge is -2.20. The standard InChI is InChI=1S/C15H17F2N3O2/c16-15(17)6-8-19(10-15)14(22)18-9-13(21)20-7-5-11-3-1-2-4-12(11)20/h1-4H,5-10H2,(H,18,22). The molecular weight excluding hydrogens is 292 g/mol. The zero-order valence-electron chi connectivity index (χ0n) is 12.0. The smallest absolute Gasteiger partial charge is 0.318 e. The number of amides is 3. The molecule has 3 amide bonds. The number of likely N-dealkylation sites (tertiary alicyclic amines) is 1.